The number of halogens is 3. The fourth-order valence-corrected chi connectivity index (χ4v) is 2.58. The lowest BCUT2D eigenvalue weighted by Gasteiger charge is -2.36. The molecule has 1 aliphatic heterocycles. The first-order valence-electron chi connectivity index (χ1n) is 6.58. The van der Waals surface area contributed by atoms with Gasteiger partial charge in [-0.1, -0.05) is 18.6 Å². The zero-order chi connectivity index (χ0) is 13.9. The minimum atomic E-state index is -4.29. The highest BCUT2D eigenvalue weighted by Crippen LogP contribution is 2.31. The summed E-state index contributed by atoms with van der Waals surface area (Å²) in [5.41, 5.74) is 7.83. The van der Waals surface area contributed by atoms with Crippen molar-refractivity contribution in [3.63, 3.8) is 0 Å². The number of hydrogen-bond acceptors (Lipinski definition) is 1. The molecule has 0 bridgehead atoms. The number of rotatable bonds is 3. The third-order valence-corrected chi connectivity index (χ3v) is 3.65. The summed E-state index contributed by atoms with van der Waals surface area (Å²) < 4.78 is 37.5. The molecule has 106 valence electrons. The summed E-state index contributed by atoms with van der Waals surface area (Å²) in [5.74, 6) is 0. The second-order valence-corrected chi connectivity index (χ2v) is 4.94. The van der Waals surface area contributed by atoms with Crippen LogP contribution in [-0.2, 0) is 6.18 Å². The van der Waals surface area contributed by atoms with E-state index >= 15 is 0 Å². The van der Waals surface area contributed by atoms with Gasteiger partial charge in [-0.15, -0.1) is 6.54 Å². The zero-order valence-electron chi connectivity index (χ0n) is 10.7. The largest absolute Gasteiger partial charge is 0.676 e. The molecule has 0 aromatic heterocycles. The third kappa shape index (κ3) is 3.48. The molecule has 0 amide bonds. The average Bonchev–Trinajstić information content (AvgIpc) is 2.40. The summed E-state index contributed by atoms with van der Waals surface area (Å²) in [6.07, 6.45) is -0.872. The number of benzene rings is 1. The van der Waals surface area contributed by atoms with E-state index < -0.39 is 11.7 Å². The van der Waals surface area contributed by atoms with Crippen molar-refractivity contribution >= 4 is 0 Å². The molecule has 1 N–H and O–H groups in total. The van der Waals surface area contributed by atoms with Gasteiger partial charge in [0, 0.05) is 6.04 Å². The minimum absolute atomic E-state index is 0.0809. The second kappa shape index (κ2) is 5.92. The van der Waals surface area contributed by atoms with Gasteiger partial charge >= 0.3 is 6.18 Å². The molecule has 2 nitrogen and oxygen atoms in total. The summed E-state index contributed by atoms with van der Waals surface area (Å²) >= 11 is 0. The van der Waals surface area contributed by atoms with Gasteiger partial charge in [-0.25, -0.2) is 0 Å². The third-order valence-electron chi connectivity index (χ3n) is 3.65. The molecule has 0 aliphatic carbocycles. The topological polar surface area (TPSA) is 27.0 Å². The van der Waals surface area contributed by atoms with E-state index in [1.165, 1.54) is 18.6 Å². The van der Waals surface area contributed by atoms with Crippen LogP contribution in [0.1, 0.15) is 36.4 Å². The first-order chi connectivity index (χ1) is 9.02. The summed E-state index contributed by atoms with van der Waals surface area (Å²) in [6, 6.07) is 5.17. The van der Waals surface area contributed by atoms with Crippen molar-refractivity contribution in [3.05, 3.63) is 41.1 Å². The van der Waals surface area contributed by atoms with Gasteiger partial charge < -0.3 is 5.73 Å². The van der Waals surface area contributed by atoms with E-state index in [2.05, 4.69) is 4.90 Å². The zero-order valence-corrected chi connectivity index (χ0v) is 10.7. The van der Waals surface area contributed by atoms with Gasteiger partial charge in [0.05, 0.1) is 5.56 Å². The summed E-state index contributed by atoms with van der Waals surface area (Å²) in [5, 5.41) is 0. The monoisotopic (exact) mass is 271 g/mol. The molecular weight excluding hydrogens is 253 g/mol. The van der Waals surface area contributed by atoms with Crippen LogP contribution < -0.4 is 0 Å². The maximum Gasteiger partial charge on any atom is 0.416 e. The van der Waals surface area contributed by atoms with Gasteiger partial charge in [-0.3, -0.25) is 4.90 Å². The predicted octanol–water partition coefficient (Wildman–Crippen LogP) is 4.28. The molecule has 1 aliphatic rings. The maximum atomic E-state index is 12.5. The Bertz CT molecular complexity index is 394. The Morgan fingerprint density at radius 1 is 1.05 bits per heavy atom. The Hall–Kier alpha value is -1.07. The van der Waals surface area contributed by atoms with Crippen LogP contribution in [0.4, 0.5) is 13.2 Å². The number of hydrogen-bond donors (Lipinski definition) is 0. The molecule has 1 aromatic rings. The van der Waals surface area contributed by atoms with Crippen molar-refractivity contribution in [2.24, 2.45) is 0 Å². The minimum Gasteiger partial charge on any atom is -0.676 e. The van der Waals surface area contributed by atoms with E-state index in [1.54, 1.807) is 0 Å². The molecule has 0 saturated carbocycles. The summed E-state index contributed by atoms with van der Waals surface area (Å²) in [6.45, 7) is 2.06. The van der Waals surface area contributed by atoms with Crippen molar-refractivity contribution in [3.8, 4) is 0 Å². The number of piperidine rings is 1. The molecular formula is C14H18F3N2-. The molecule has 1 aromatic carbocycles. The highest BCUT2D eigenvalue weighted by Gasteiger charge is 2.30. The number of alkyl halides is 3. The Kier molecular flexibility index (Phi) is 4.47. The Balaban J connectivity index is 2.14. The molecule has 2 rings (SSSR count). The van der Waals surface area contributed by atoms with E-state index in [-0.39, 0.29) is 12.6 Å². The van der Waals surface area contributed by atoms with Crippen LogP contribution in [0.5, 0.6) is 0 Å². The van der Waals surface area contributed by atoms with E-state index in [4.69, 9.17) is 5.73 Å². The van der Waals surface area contributed by atoms with Crippen LogP contribution in [0.3, 0.4) is 0 Å². The first-order valence-corrected chi connectivity index (χ1v) is 6.58. The van der Waals surface area contributed by atoms with Gasteiger partial charge in [0.1, 0.15) is 0 Å². The van der Waals surface area contributed by atoms with Crippen molar-refractivity contribution in [1.29, 1.82) is 0 Å². The van der Waals surface area contributed by atoms with Gasteiger partial charge in [-0.2, -0.15) is 13.2 Å². The Labute approximate surface area is 111 Å². The number of nitrogens with zero attached hydrogens (tertiary/aromatic N) is 1. The van der Waals surface area contributed by atoms with Crippen molar-refractivity contribution in [2.45, 2.75) is 31.5 Å². The molecule has 1 saturated heterocycles. The van der Waals surface area contributed by atoms with Crippen molar-refractivity contribution in [1.82, 2.24) is 4.90 Å². The van der Waals surface area contributed by atoms with Crippen LogP contribution >= 0.6 is 0 Å². The van der Waals surface area contributed by atoms with E-state index in [0.29, 0.717) is 0 Å². The predicted molar refractivity (Wildman–Crippen MR) is 68.8 cm³/mol. The fourth-order valence-electron chi connectivity index (χ4n) is 2.58. The van der Waals surface area contributed by atoms with Crippen LogP contribution in [-0.4, -0.2) is 24.5 Å². The molecule has 1 atom stereocenters. The number of nitrogens with one attached hydrogen (secondary N) is 1. The smallest absolute Gasteiger partial charge is 0.416 e. The van der Waals surface area contributed by atoms with Gasteiger partial charge in [0.25, 0.3) is 0 Å². The maximum absolute atomic E-state index is 12.5. The SMILES string of the molecule is [NH-]CC(c1ccc(C(F)(F)F)cc1)N1CCCCC1. The molecule has 0 radical (unpaired) electrons. The molecule has 1 heterocycles. The van der Waals surface area contributed by atoms with Gasteiger partial charge in [0.2, 0.25) is 0 Å². The van der Waals surface area contributed by atoms with E-state index in [0.717, 1.165) is 43.6 Å². The average molecular weight is 271 g/mol. The highest BCUT2D eigenvalue weighted by molar-refractivity contribution is 5.27. The Morgan fingerprint density at radius 3 is 2.11 bits per heavy atom. The normalized spacial score (nSPS) is 19.4. The molecule has 5 heteroatoms. The first kappa shape index (κ1) is 14.3. The van der Waals surface area contributed by atoms with Gasteiger partial charge in [-0.05, 0) is 43.6 Å². The van der Waals surface area contributed by atoms with Gasteiger partial charge in [0.15, 0.2) is 0 Å². The fraction of sp³-hybridized carbons (Fsp3) is 0.571. The molecule has 19 heavy (non-hydrogen) atoms. The Morgan fingerprint density at radius 2 is 1.63 bits per heavy atom. The van der Waals surface area contributed by atoms with E-state index in [1.807, 2.05) is 0 Å². The highest BCUT2D eigenvalue weighted by atomic mass is 19.4. The van der Waals surface area contributed by atoms with Crippen molar-refractivity contribution in [2.75, 3.05) is 19.6 Å². The van der Waals surface area contributed by atoms with E-state index in [9.17, 15) is 13.2 Å². The molecule has 0 spiro atoms. The lowest BCUT2D eigenvalue weighted by Crippen LogP contribution is -2.34. The number of likely N-dealkylation sites (tertiary alicyclic amines) is 1. The van der Waals surface area contributed by atoms with Crippen LogP contribution in [0.15, 0.2) is 24.3 Å². The molecule has 1 fully saturated rings. The lowest BCUT2D eigenvalue weighted by atomic mass is 10.0. The van der Waals surface area contributed by atoms with Crippen molar-refractivity contribution < 1.29 is 13.2 Å². The standard InChI is InChI=1S/C14H18F3N2/c15-14(16,17)12-6-4-11(5-7-12)13(10-18)19-8-2-1-3-9-19/h4-7,13,18H,1-3,8-10H2/q-1. The summed E-state index contributed by atoms with van der Waals surface area (Å²) in [7, 11) is 0. The van der Waals surface area contributed by atoms with Crippen LogP contribution in [0, 0.1) is 0 Å². The quantitative estimate of drug-likeness (QED) is 0.806. The van der Waals surface area contributed by atoms with Crippen LogP contribution in [0.25, 0.3) is 5.73 Å². The second-order valence-electron chi connectivity index (χ2n) is 4.94. The summed E-state index contributed by atoms with van der Waals surface area (Å²) in [4.78, 5) is 2.21. The van der Waals surface area contributed by atoms with Crippen LogP contribution in [0.2, 0.25) is 0 Å². The lowest BCUT2D eigenvalue weighted by molar-refractivity contribution is -0.137. The molecule has 1 unspecified atom stereocenters.